The molecule has 1 aliphatic carbocycles. The van der Waals surface area contributed by atoms with Gasteiger partial charge in [0.15, 0.2) is 0 Å². The van der Waals surface area contributed by atoms with Crippen molar-refractivity contribution in [3.05, 3.63) is 52.8 Å². The number of rotatable bonds is 4. The molecule has 1 saturated heterocycles. The molecule has 1 aromatic heterocycles. The van der Waals surface area contributed by atoms with Crippen molar-refractivity contribution < 1.29 is 4.74 Å². The fourth-order valence-electron chi connectivity index (χ4n) is 4.50. The smallest absolute Gasteiger partial charge is 0.119 e. The van der Waals surface area contributed by atoms with Gasteiger partial charge in [0.05, 0.1) is 6.61 Å². The summed E-state index contributed by atoms with van der Waals surface area (Å²) >= 11 is 0. The summed E-state index contributed by atoms with van der Waals surface area (Å²) in [7, 11) is 0. The normalized spacial score (nSPS) is 18.9. The summed E-state index contributed by atoms with van der Waals surface area (Å²) in [6.45, 7) is 9.54. The van der Waals surface area contributed by atoms with Crippen LogP contribution in [-0.4, -0.2) is 24.7 Å². The van der Waals surface area contributed by atoms with Crippen LogP contribution in [0, 0.1) is 19.3 Å². The van der Waals surface area contributed by atoms with Gasteiger partial charge in [-0.05, 0) is 87.8 Å². The van der Waals surface area contributed by atoms with Crippen LogP contribution >= 0.6 is 0 Å². The summed E-state index contributed by atoms with van der Waals surface area (Å²) in [5, 5.41) is 0. The molecule has 2 aromatic rings. The molecule has 0 atom stereocenters. The molecule has 2 aliphatic rings. The quantitative estimate of drug-likeness (QED) is 0.740. The SMILES string of the molecule is Cc1cc(N2CCC(C)(COc3ccc4c(c3)CCCC4)CC2)cc(C)n1. The molecule has 0 amide bonds. The minimum atomic E-state index is 0.253. The van der Waals surface area contributed by atoms with Gasteiger partial charge in [-0.15, -0.1) is 0 Å². The second kappa shape index (κ2) is 7.53. The number of benzene rings is 1. The van der Waals surface area contributed by atoms with Crippen LogP contribution in [0.15, 0.2) is 30.3 Å². The molecular weight excluding hydrogens is 332 g/mol. The Morgan fingerprint density at radius 1 is 0.963 bits per heavy atom. The first-order valence-corrected chi connectivity index (χ1v) is 10.5. The van der Waals surface area contributed by atoms with Crippen LogP contribution in [0.4, 0.5) is 5.69 Å². The van der Waals surface area contributed by atoms with Gasteiger partial charge < -0.3 is 9.64 Å². The Morgan fingerprint density at radius 2 is 1.63 bits per heavy atom. The lowest BCUT2D eigenvalue weighted by atomic mass is 9.81. The lowest BCUT2D eigenvalue weighted by Crippen LogP contribution is -2.41. The largest absolute Gasteiger partial charge is 0.493 e. The lowest BCUT2D eigenvalue weighted by molar-refractivity contribution is 0.131. The lowest BCUT2D eigenvalue weighted by Gasteiger charge is -2.40. The molecule has 144 valence electrons. The molecular formula is C24H32N2O. The molecule has 27 heavy (non-hydrogen) atoms. The monoisotopic (exact) mass is 364 g/mol. The second-order valence-electron chi connectivity index (χ2n) is 8.83. The number of hydrogen-bond donors (Lipinski definition) is 0. The number of pyridine rings is 1. The zero-order chi connectivity index (χ0) is 18.9. The maximum absolute atomic E-state index is 6.27. The highest BCUT2D eigenvalue weighted by molar-refractivity contribution is 5.48. The highest BCUT2D eigenvalue weighted by Crippen LogP contribution is 2.34. The third-order valence-corrected chi connectivity index (χ3v) is 6.31. The molecule has 3 heteroatoms. The van der Waals surface area contributed by atoms with E-state index >= 15 is 0 Å². The van der Waals surface area contributed by atoms with E-state index in [4.69, 9.17) is 4.74 Å². The summed E-state index contributed by atoms with van der Waals surface area (Å²) in [5.74, 6) is 1.06. The number of aromatic nitrogens is 1. The van der Waals surface area contributed by atoms with Crippen molar-refractivity contribution in [1.82, 2.24) is 4.98 Å². The minimum Gasteiger partial charge on any atom is -0.493 e. The van der Waals surface area contributed by atoms with Crippen molar-refractivity contribution in [3.63, 3.8) is 0 Å². The predicted molar refractivity (Wildman–Crippen MR) is 112 cm³/mol. The van der Waals surface area contributed by atoms with Crippen molar-refractivity contribution in [1.29, 1.82) is 0 Å². The molecule has 0 spiro atoms. The first-order valence-electron chi connectivity index (χ1n) is 10.5. The summed E-state index contributed by atoms with van der Waals surface area (Å²) in [4.78, 5) is 7.01. The zero-order valence-corrected chi connectivity index (χ0v) is 17.1. The van der Waals surface area contributed by atoms with Gasteiger partial charge in [-0.25, -0.2) is 0 Å². The van der Waals surface area contributed by atoms with E-state index in [1.165, 1.54) is 55.3 Å². The first kappa shape index (κ1) is 18.3. The molecule has 2 heterocycles. The van der Waals surface area contributed by atoms with E-state index in [1.54, 1.807) is 0 Å². The van der Waals surface area contributed by atoms with E-state index in [-0.39, 0.29) is 5.41 Å². The number of anilines is 1. The van der Waals surface area contributed by atoms with Crippen LogP contribution < -0.4 is 9.64 Å². The van der Waals surface area contributed by atoms with E-state index in [0.29, 0.717) is 0 Å². The first-order chi connectivity index (χ1) is 13.0. The summed E-state index contributed by atoms with van der Waals surface area (Å²) in [6, 6.07) is 11.2. The summed E-state index contributed by atoms with van der Waals surface area (Å²) in [6.07, 6.45) is 7.42. The molecule has 0 N–H and O–H groups in total. The van der Waals surface area contributed by atoms with Crippen LogP contribution in [-0.2, 0) is 12.8 Å². The number of fused-ring (bicyclic) bond motifs is 1. The van der Waals surface area contributed by atoms with E-state index in [9.17, 15) is 0 Å². The second-order valence-corrected chi connectivity index (χ2v) is 8.83. The van der Waals surface area contributed by atoms with Gasteiger partial charge in [0.2, 0.25) is 0 Å². The van der Waals surface area contributed by atoms with Crippen molar-refractivity contribution in [2.75, 3.05) is 24.6 Å². The third-order valence-electron chi connectivity index (χ3n) is 6.31. The van der Waals surface area contributed by atoms with E-state index in [1.807, 2.05) is 0 Å². The molecule has 3 nitrogen and oxygen atoms in total. The van der Waals surface area contributed by atoms with Crippen LogP contribution in [0.2, 0.25) is 0 Å². The van der Waals surface area contributed by atoms with Crippen LogP contribution in [0.1, 0.15) is 55.1 Å². The number of hydrogen-bond acceptors (Lipinski definition) is 3. The maximum Gasteiger partial charge on any atom is 0.119 e. The molecule has 1 aliphatic heterocycles. The van der Waals surface area contributed by atoms with Gasteiger partial charge in [0, 0.05) is 35.6 Å². The van der Waals surface area contributed by atoms with E-state index in [0.717, 1.165) is 36.8 Å². The van der Waals surface area contributed by atoms with Gasteiger partial charge in [0.1, 0.15) is 5.75 Å². The average molecular weight is 365 g/mol. The molecule has 4 rings (SSSR count). The summed E-state index contributed by atoms with van der Waals surface area (Å²) in [5.41, 5.74) is 6.81. The Balaban J connectivity index is 1.35. The highest BCUT2D eigenvalue weighted by atomic mass is 16.5. The Bertz CT molecular complexity index is 786. The zero-order valence-electron chi connectivity index (χ0n) is 17.1. The fourth-order valence-corrected chi connectivity index (χ4v) is 4.50. The highest BCUT2D eigenvalue weighted by Gasteiger charge is 2.31. The number of nitrogens with zero attached hydrogens (tertiary/aromatic N) is 2. The Kier molecular flexibility index (Phi) is 5.12. The van der Waals surface area contributed by atoms with Gasteiger partial charge in [-0.2, -0.15) is 0 Å². The number of ether oxygens (including phenoxy) is 1. The Morgan fingerprint density at radius 3 is 2.33 bits per heavy atom. The van der Waals surface area contributed by atoms with Crippen molar-refractivity contribution in [2.24, 2.45) is 5.41 Å². The topological polar surface area (TPSA) is 25.4 Å². The van der Waals surface area contributed by atoms with Crippen molar-refractivity contribution >= 4 is 5.69 Å². The van der Waals surface area contributed by atoms with Crippen LogP contribution in [0.5, 0.6) is 5.75 Å². The predicted octanol–water partition coefficient (Wildman–Crippen LogP) is 5.26. The molecule has 0 unspecified atom stereocenters. The molecule has 0 bridgehead atoms. The van der Waals surface area contributed by atoms with Gasteiger partial charge >= 0.3 is 0 Å². The van der Waals surface area contributed by atoms with Crippen molar-refractivity contribution in [2.45, 2.75) is 59.3 Å². The van der Waals surface area contributed by atoms with Crippen molar-refractivity contribution in [3.8, 4) is 5.75 Å². The number of piperidine rings is 1. The number of aryl methyl sites for hydroxylation is 4. The summed E-state index contributed by atoms with van der Waals surface area (Å²) < 4.78 is 6.27. The third kappa shape index (κ3) is 4.28. The Labute approximate surface area is 163 Å². The molecule has 0 saturated carbocycles. The maximum atomic E-state index is 6.27. The average Bonchev–Trinajstić information content (AvgIpc) is 2.66. The Hall–Kier alpha value is -2.03. The van der Waals surface area contributed by atoms with Gasteiger partial charge in [0.25, 0.3) is 0 Å². The minimum absolute atomic E-state index is 0.253. The molecule has 0 radical (unpaired) electrons. The van der Waals surface area contributed by atoms with Crippen LogP contribution in [0.3, 0.4) is 0 Å². The fraction of sp³-hybridized carbons (Fsp3) is 0.542. The van der Waals surface area contributed by atoms with E-state index < -0.39 is 0 Å². The van der Waals surface area contributed by atoms with Crippen LogP contribution in [0.25, 0.3) is 0 Å². The van der Waals surface area contributed by atoms with Gasteiger partial charge in [-0.1, -0.05) is 13.0 Å². The molecule has 1 fully saturated rings. The standard InChI is InChI=1S/C24H32N2O/c1-18-14-22(15-19(2)25-18)26-12-10-24(3,11-13-26)17-27-23-9-8-20-6-4-5-7-21(20)16-23/h8-9,14-16H,4-7,10-13,17H2,1-3H3. The van der Waals surface area contributed by atoms with Gasteiger partial charge in [-0.3, -0.25) is 4.98 Å². The molecule has 1 aromatic carbocycles. The van der Waals surface area contributed by atoms with E-state index in [2.05, 4.69) is 61.0 Å².